The largest absolute Gasteiger partial charge is 0.383 e. The van der Waals surface area contributed by atoms with Crippen molar-refractivity contribution in [3.05, 3.63) is 22.9 Å². The molecule has 1 aromatic heterocycles. The van der Waals surface area contributed by atoms with Crippen LogP contribution in [0.3, 0.4) is 0 Å². The van der Waals surface area contributed by atoms with Crippen molar-refractivity contribution in [3.8, 4) is 0 Å². The second-order valence-corrected chi connectivity index (χ2v) is 7.73. The van der Waals surface area contributed by atoms with E-state index in [-0.39, 0.29) is 11.9 Å². The first-order valence-electron chi connectivity index (χ1n) is 9.69. The first-order valence-corrected chi connectivity index (χ1v) is 9.69. The van der Waals surface area contributed by atoms with E-state index in [0.717, 1.165) is 51.3 Å². The molecular formula is C20H34N4O2. The van der Waals surface area contributed by atoms with Gasteiger partial charge in [0.25, 0.3) is 5.91 Å². The third-order valence-corrected chi connectivity index (χ3v) is 4.51. The smallest absolute Gasteiger partial charge is 0.255 e. The highest BCUT2D eigenvalue weighted by molar-refractivity contribution is 5.99. The highest BCUT2D eigenvalue weighted by Gasteiger charge is 2.21. The predicted octanol–water partition coefficient (Wildman–Crippen LogP) is 2.33. The lowest BCUT2D eigenvalue weighted by atomic mass is 10.0. The number of nitrogens with one attached hydrogen (secondary N) is 2. The van der Waals surface area contributed by atoms with Gasteiger partial charge in [-0.2, -0.15) is 0 Å². The van der Waals surface area contributed by atoms with Crippen LogP contribution in [-0.4, -0.2) is 61.7 Å². The molecule has 1 amide bonds. The fourth-order valence-electron chi connectivity index (χ4n) is 3.07. The van der Waals surface area contributed by atoms with E-state index in [1.165, 1.54) is 5.56 Å². The Hall–Kier alpha value is -1.66. The van der Waals surface area contributed by atoms with Crippen LogP contribution < -0.4 is 10.6 Å². The molecule has 6 heteroatoms. The SMILES string of the molecule is COCCN1CCc2cc(C(=O)NC(C)C)c(NCC(C)C)nc2CC1. The third kappa shape index (κ3) is 5.95. The van der Waals surface area contributed by atoms with Gasteiger partial charge >= 0.3 is 0 Å². The molecule has 0 aromatic carbocycles. The highest BCUT2D eigenvalue weighted by Crippen LogP contribution is 2.22. The molecule has 26 heavy (non-hydrogen) atoms. The van der Waals surface area contributed by atoms with Crippen LogP contribution in [0.2, 0.25) is 0 Å². The monoisotopic (exact) mass is 362 g/mol. The second kappa shape index (κ2) is 9.88. The minimum absolute atomic E-state index is 0.0537. The Bertz CT molecular complexity index is 602. The average molecular weight is 363 g/mol. The van der Waals surface area contributed by atoms with E-state index in [9.17, 15) is 4.79 Å². The number of aromatic nitrogens is 1. The number of nitrogens with zero attached hydrogens (tertiary/aromatic N) is 2. The third-order valence-electron chi connectivity index (χ3n) is 4.51. The normalized spacial score (nSPS) is 15.0. The van der Waals surface area contributed by atoms with Gasteiger partial charge in [0, 0.05) is 51.4 Å². The quantitative estimate of drug-likeness (QED) is 0.743. The fourth-order valence-corrected chi connectivity index (χ4v) is 3.07. The molecule has 146 valence electrons. The van der Waals surface area contributed by atoms with Crippen molar-refractivity contribution in [1.29, 1.82) is 0 Å². The van der Waals surface area contributed by atoms with E-state index in [1.54, 1.807) is 7.11 Å². The van der Waals surface area contributed by atoms with Gasteiger partial charge in [-0.3, -0.25) is 4.79 Å². The second-order valence-electron chi connectivity index (χ2n) is 7.73. The number of fused-ring (bicyclic) bond motifs is 1. The Morgan fingerprint density at radius 3 is 2.65 bits per heavy atom. The predicted molar refractivity (Wildman–Crippen MR) is 106 cm³/mol. The highest BCUT2D eigenvalue weighted by atomic mass is 16.5. The molecule has 1 aliphatic rings. The Morgan fingerprint density at radius 1 is 1.27 bits per heavy atom. The Balaban J connectivity index is 2.25. The number of amides is 1. The molecule has 0 spiro atoms. The lowest BCUT2D eigenvalue weighted by Gasteiger charge is -2.18. The number of rotatable bonds is 8. The first kappa shape index (κ1) is 20.6. The number of methoxy groups -OCH3 is 1. The van der Waals surface area contributed by atoms with Crippen molar-refractivity contribution in [1.82, 2.24) is 15.2 Å². The molecule has 0 aliphatic carbocycles. The van der Waals surface area contributed by atoms with Crippen LogP contribution in [0, 0.1) is 5.92 Å². The van der Waals surface area contributed by atoms with Crippen molar-refractivity contribution < 1.29 is 9.53 Å². The van der Waals surface area contributed by atoms with Crippen LogP contribution in [0.4, 0.5) is 5.82 Å². The number of anilines is 1. The molecule has 0 radical (unpaired) electrons. The Morgan fingerprint density at radius 2 is 2.00 bits per heavy atom. The summed E-state index contributed by atoms with van der Waals surface area (Å²) in [6, 6.07) is 2.14. The molecule has 2 heterocycles. The molecular weight excluding hydrogens is 328 g/mol. The van der Waals surface area contributed by atoms with Gasteiger partial charge in [-0.15, -0.1) is 0 Å². The van der Waals surface area contributed by atoms with Gasteiger partial charge in [0.05, 0.1) is 12.2 Å². The van der Waals surface area contributed by atoms with E-state index in [4.69, 9.17) is 9.72 Å². The summed E-state index contributed by atoms with van der Waals surface area (Å²) < 4.78 is 5.20. The standard InChI is InChI=1S/C20H34N4O2/c1-14(2)13-21-19-17(20(25)22-15(3)4)12-16-6-8-24(10-11-26-5)9-7-18(16)23-19/h12,14-15H,6-11,13H2,1-5H3,(H,21,23)(H,22,25). The molecule has 6 nitrogen and oxygen atoms in total. The molecule has 0 saturated carbocycles. The maximum absolute atomic E-state index is 12.7. The zero-order valence-corrected chi connectivity index (χ0v) is 16.9. The zero-order chi connectivity index (χ0) is 19.1. The first-order chi connectivity index (χ1) is 12.4. The van der Waals surface area contributed by atoms with Crippen LogP contribution in [0.1, 0.15) is 49.3 Å². The van der Waals surface area contributed by atoms with Crippen LogP contribution in [0.25, 0.3) is 0 Å². The van der Waals surface area contributed by atoms with Crippen molar-refractivity contribution in [2.75, 3.05) is 45.2 Å². The Labute approximate surface area is 157 Å². The van der Waals surface area contributed by atoms with E-state index < -0.39 is 0 Å². The average Bonchev–Trinajstić information content (AvgIpc) is 2.78. The summed E-state index contributed by atoms with van der Waals surface area (Å²) in [6.45, 7) is 12.7. The molecule has 0 bridgehead atoms. The van der Waals surface area contributed by atoms with Gasteiger partial charge in [0.1, 0.15) is 5.82 Å². The summed E-state index contributed by atoms with van der Waals surface area (Å²) in [7, 11) is 1.74. The lowest BCUT2D eigenvalue weighted by molar-refractivity contribution is 0.0943. The maximum atomic E-state index is 12.7. The number of ether oxygens (including phenoxy) is 1. The molecule has 2 rings (SSSR count). The summed E-state index contributed by atoms with van der Waals surface area (Å²) in [5.41, 5.74) is 2.95. The summed E-state index contributed by atoms with van der Waals surface area (Å²) in [4.78, 5) is 19.9. The molecule has 1 aliphatic heterocycles. The summed E-state index contributed by atoms with van der Waals surface area (Å²) >= 11 is 0. The minimum atomic E-state index is -0.0537. The Kier molecular flexibility index (Phi) is 7.85. The summed E-state index contributed by atoms with van der Waals surface area (Å²) in [5, 5.41) is 6.38. The molecule has 0 saturated heterocycles. The molecule has 0 unspecified atom stereocenters. The zero-order valence-electron chi connectivity index (χ0n) is 16.9. The van der Waals surface area contributed by atoms with Crippen LogP contribution >= 0.6 is 0 Å². The van der Waals surface area contributed by atoms with Gasteiger partial charge in [-0.25, -0.2) is 4.98 Å². The topological polar surface area (TPSA) is 66.5 Å². The summed E-state index contributed by atoms with van der Waals surface area (Å²) in [6.07, 6.45) is 1.82. The van der Waals surface area contributed by atoms with Crippen molar-refractivity contribution >= 4 is 11.7 Å². The maximum Gasteiger partial charge on any atom is 0.255 e. The lowest BCUT2D eigenvalue weighted by Crippen LogP contribution is -2.31. The van der Waals surface area contributed by atoms with Crippen molar-refractivity contribution in [2.24, 2.45) is 5.92 Å². The fraction of sp³-hybridized carbons (Fsp3) is 0.700. The molecule has 2 N–H and O–H groups in total. The van der Waals surface area contributed by atoms with E-state index in [2.05, 4.69) is 29.4 Å². The van der Waals surface area contributed by atoms with Crippen molar-refractivity contribution in [2.45, 2.75) is 46.6 Å². The number of pyridine rings is 1. The van der Waals surface area contributed by atoms with Crippen molar-refractivity contribution in [3.63, 3.8) is 0 Å². The van der Waals surface area contributed by atoms with Gasteiger partial charge in [-0.1, -0.05) is 13.8 Å². The van der Waals surface area contributed by atoms with Gasteiger partial charge in [0.2, 0.25) is 0 Å². The molecule has 1 aromatic rings. The van der Waals surface area contributed by atoms with E-state index in [1.807, 2.05) is 19.9 Å². The molecule has 0 atom stereocenters. The number of carbonyl (C=O) groups is 1. The number of hydrogen-bond acceptors (Lipinski definition) is 5. The number of hydrogen-bond donors (Lipinski definition) is 2. The van der Waals surface area contributed by atoms with Gasteiger partial charge in [-0.05, 0) is 37.8 Å². The molecule has 0 fully saturated rings. The van der Waals surface area contributed by atoms with Crippen LogP contribution in [-0.2, 0) is 17.6 Å². The number of carbonyl (C=O) groups excluding carboxylic acids is 1. The summed E-state index contributed by atoms with van der Waals surface area (Å²) in [5.74, 6) is 1.14. The van der Waals surface area contributed by atoms with Gasteiger partial charge in [0.15, 0.2) is 0 Å². The minimum Gasteiger partial charge on any atom is -0.383 e. The van der Waals surface area contributed by atoms with Crippen LogP contribution in [0.5, 0.6) is 0 Å². The van der Waals surface area contributed by atoms with E-state index >= 15 is 0 Å². The van der Waals surface area contributed by atoms with Crippen LogP contribution in [0.15, 0.2) is 6.07 Å². The van der Waals surface area contributed by atoms with E-state index in [0.29, 0.717) is 17.3 Å². The van der Waals surface area contributed by atoms with Gasteiger partial charge < -0.3 is 20.3 Å².